The summed E-state index contributed by atoms with van der Waals surface area (Å²) in [6.45, 7) is 4.57. The van der Waals surface area contributed by atoms with Crippen molar-refractivity contribution in [3.05, 3.63) is 36.3 Å². The molecule has 2 unspecified atom stereocenters. The zero-order valence-corrected chi connectivity index (χ0v) is 13.4. The Morgan fingerprint density at radius 2 is 2.25 bits per heavy atom. The highest BCUT2D eigenvalue weighted by molar-refractivity contribution is 5.89. The Kier molecular flexibility index (Phi) is 3.65. The van der Waals surface area contributed by atoms with E-state index in [0.29, 0.717) is 29.7 Å². The number of nitrogens with zero attached hydrogens (tertiary/aromatic N) is 4. The first-order chi connectivity index (χ1) is 11.7. The molecular formula is C17H21FN6. The van der Waals surface area contributed by atoms with Crippen LogP contribution in [0.25, 0.3) is 22.4 Å². The van der Waals surface area contributed by atoms with Crippen molar-refractivity contribution in [3.63, 3.8) is 0 Å². The van der Waals surface area contributed by atoms with Gasteiger partial charge in [0.15, 0.2) is 11.5 Å². The number of H-pyrrole nitrogens is 1. The standard InChI is InChI=1S/C17H19FN6.H2/c1-10-8-24(9-11(10)7-19)14-5-4-13(18)16(21-14)15-12-3-2-6-20-17(12)23-22-15;/h2-6,10-11H,7-9,19H2,1H3,(H,20,22,23);1H. The van der Waals surface area contributed by atoms with E-state index in [0.717, 1.165) is 24.3 Å². The van der Waals surface area contributed by atoms with Gasteiger partial charge in [0.05, 0.1) is 5.69 Å². The second-order valence-corrected chi connectivity index (χ2v) is 6.35. The topological polar surface area (TPSA) is 83.7 Å². The lowest BCUT2D eigenvalue weighted by atomic mass is 9.99. The van der Waals surface area contributed by atoms with E-state index < -0.39 is 0 Å². The quantitative estimate of drug-likeness (QED) is 0.771. The number of hydrogen-bond donors (Lipinski definition) is 2. The van der Waals surface area contributed by atoms with Crippen molar-refractivity contribution in [3.8, 4) is 11.4 Å². The third kappa shape index (κ3) is 2.41. The second kappa shape index (κ2) is 5.83. The maximum atomic E-state index is 14.4. The van der Waals surface area contributed by atoms with Crippen LogP contribution in [-0.2, 0) is 0 Å². The SMILES string of the molecule is CC1CN(c2ccc(F)c(-c3[nH]nc4ncccc34)n2)CC1CN.[HH]. The minimum absolute atomic E-state index is 0. The van der Waals surface area contributed by atoms with Crippen molar-refractivity contribution in [2.75, 3.05) is 24.5 Å². The highest BCUT2D eigenvalue weighted by atomic mass is 19.1. The number of nitrogens with one attached hydrogen (secondary N) is 1. The van der Waals surface area contributed by atoms with Crippen molar-refractivity contribution in [1.82, 2.24) is 20.2 Å². The summed E-state index contributed by atoms with van der Waals surface area (Å²) in [6.07, 6.45) is 1.66. The molecule has 24 heavy (non-hydrogen) atoms. The molecular weight excluding hydrogens is 307 g/mol. The van der Waals surface area contributed by atoms with Gasteiger partial charge in [-0.2, -0.15) is 5.10 Å². The summed E-state index contributed by atoms with van der Waals surface area (Å²) in [7, 11) is 0. The molecule has 3 N–H and O–H groups in total. The van der Waals surface area contributed by atoms with Crippen LogP contribution in [-0.4, -0.2) is 39.8 Å². The zero-order chi connectivity index (χ0) is 16.7. The molecule has 0 bridgehead atoms. The third-order valence-electron chi connectivity index (χ3n) is 4.79. The molecule has 0 saturated carbocycles. The molecule has 4 heterocycles. The fourth-order valence-corrected chi connectivity index (χ4v) is 3.34. The molecule has 0 amide bonds. The van der Waals surface area contributed by atoms with Gasteiger partial charge in [-0.25, -0.2) is 14.4 Å². The Bertz CT molecular complexity index is 882. The number of hydrogen-bond acceptors (Lipinski definition) is 5. The Morgan fingerprint density at radius 1 is 1.38 bits per heavy atom. The van der Waals surface area contributed by atoms with Gasteiger partial charge in [-0.05, 0) is 42.6 Å². The maximum Gasteiger partial charge on any atom is 0.181 e. The molecule has 0 aromatic carbocycles. The minimum atomic E-state index is -0.379. The predicted octanol–water partition coefficient (Wildman–Crippen LogP) is 2.44. The number of aromatic amines is 1. The molecule has 6 nitrogen and oxygen atoms in total. The van der Waals surface area contributed by atoms with Gasteiger partial charge in [0.1, 0.15) is 11.5 Å². The molecule has 0 radical (unpaired) electrons. The van der Waals surface area contributed by atoms with E-state index in [-0.39, 0.29) is 12.9 Å². The molecule has 1 aliphatic heterocycles. The maximum absolute atomic E-state index is 14.4. The monoisotopic (exact) mass is 328 g/mol. The Labute approximate surface area is 140 Å². The lowest BCUT2D eigenvalue weighted by Crippen LogP contribution is -2.23. The summed E-state index contributed by atoms with van der Waals surface area (Å²) in [5.41, 5.74) is 7.21. The van der Waals surface area contributed by atoms with Crippen LogP contribution >= 0.6 is 0 Å². The van der Waals surface area contributed by atoms with E-state index in [1.807, 2.05) is 6.07 Å². The number of pyridine rings is 2. The molecule has 2 atom stereocenters. The van der Waals surface area contributed by atoms with Gasteiger partial charge in [-0.3, -0.25) is 5.10 Å². The van der Waals surface area contributed by atoms with E-state index in [2.05, 4.69) is 32.0 Å². The molecule has 0 spiro atoms. The fraction of sp³-hybridized carbons (Fsp3) is 0.353. The van der Waals surface area contributed by atoms with Gasteiger partial charge in [0.25, 0.3) is 0 Å². The van der Waals surface area contributed by atoms with Crippen LogP contribution in [0.3, 0.4) is 0 Å². The van der Waals surface area contributed by atoms with Crippen LogP contribution in [0.4, 0.5) is 10.2 Å². The van der Waals surface area contributed by atoms with Crippen molar-refractivity contribution in [2.24, 2.45) is 17.6 Å². The van der Waals surface area contributed by atoms with Gasteiger partial charge >= 0.3 is 0 Å². The molecule has 1 saturated heterocycles. The summed E-state index contributed by atoms with van der Waals surface area (Å²) in [5, 5.41) is 7.75. The average molecular weight is 328 g/mol. The van der Waals surface area contributed by atoms with E-state index >= 15 is 0 Å². The average Bonchev–Trinajstić information content (AvgIpc) is 3.19. The summed E-state index contributed by atoms with van der Waals surface area (Å²) < 4.78 is 14.4. The number of nitrogens with two attached hydrogens (primary N) is 1. The zero-order valence-electron chi connectivity index (χ0n) is 13.4. The van der Waals surface area contributed by atoms with Crippen LogP contribution in [0.15, 0.2) is 30.5 Å². The van der Waals surface area contributed by atoms with Crippen LogP contribution in [0.2, 0.25) is 0 Å². The normalized spacial score (nSPS) is 20.9. The summed E-state index contributed by atoms with van der Waals surface area (Å²) in [6, 6.07) is 6.84. The molecule has 1 fully saturated rings. The van der Waals surface area contributed by atoms with Gasteiger partial charge in [0.2, 0.25) is 0 Å². The number of halogens is 1. The van der Waals surface area contributed by atoms with Crippen molar-refractivity contribution >= 4 is 16.9 Å². The van der Waals surface area contributed by atoms with E-state index in [4.69, 9.17) is 5.73 Å². The second-order valence-electron chi connectivity index (χ2n) is 6.35. The molecule has 1 aliphatic rings. The first-order valence-corrected chi connectivity index (χ1v) is 8.08. The predicted molar refractivity (Wildman–Crippen MR) is 93.1 cm³/mol. The molecule has 0 aliphatic carbocycles. The highest BCUT2D eigenvalue weighted by Crippen LogP contribution is 2.31. The Balaban J connectivity index is 0.00000182. The number of fused-ring (bicyclic) bond motifs is 1. The first kappa shape index (κ1) is 15.0. The van der Waals surface area contributed by atoms with E-state index in [9.17, 15) is 4.39 Å². The fourth-order valence-electron chi connectivity index (χ4n) is 3.34. The van der Waals surface area contributed by atoms with Crippen molar-refractivity contribution < 1.29 is 5.82 Å². The third-order valence-corrected chi connectivity index (χ3v) is 4.79. The summed E-state index contributed by atoms with van der Waals surface area (Å²) >= 11 is 0. The van der Waals surface area contributed by atoms with E-state index in [1.54, 1.807) is 18.3 Å². The van der Waals surface area contributed by atoms with Gasteiger partial charge in [-0.15, -0.1) is 0 Å². The molecule has 126 valence electrons. The highest BCUT2D eigenvalue weighted by Gasteiger charge is 2.29. The summed E-state index contributed by atoms with van der Waals surface area (Å²) in [4.78, 5) is 10.9. The van der Waals surface area contributed by atoms with Crippen molar-refractivity contribution in [1.29, 1.82) is 0 Å². The van der Waals surface area contributed by atoms with Crippen LogP contribution in [0.5, 0.6) is 0 Å². The number of anilines is 1. The molecule has 7 heteroatoms. The van der Waals surface area contributed by atoms with Crippen LogP contribution in [0.1, 0.15) is 8.35 Å². The first-order valence-electron chi connectivity index (χ1n) is 8.08. The van der Waals surface area contributed by atoms with Crippen LogP contribution < -0.4 is 10.6 Å². The number of aromatic nitrogens is 4. The number of rotatable bonds is 3. The molecule has 4 rings (SSSR count). The van der Waals surface area contributed by atoms with Gasteiger partial charge in [0, 0.05) is 26.1 Å². The molecule has 3 aromatic heterocycles. The molecule has 3 aromatic rings. The smallest absolute Gasteiger partial charge is 0.181 e. The van der Waals surface area contributed by atoms with E-state index in [1.165, 1.54) is 6.07 Å². The largest absolute Gasteiger partial charge is 0.356 e. The minimum Gasteiger partial charge on any atom is -0.356 e. The Hall–Kier alpha value is -2.54. The van der Waals surface area contributed by atoms with Gasteiger partial charge < -0.3 is 10.6 Å². The summed E-state index contributed by atoms with van der Waals surface area (Å²) in [5.74, 6) is 1.33. The van der Waals surface area contributed by atoms with Crippen LogP contribution in [0, 0.1) is 17.7 Å². The lowest BCUT2D eigenvalue weighted by molar-refractivity contribution is 0.463. The van der Waals surface area contributed by atoms with Gasteiger partial charge in [-0.1, -0.05) is 6.92 Å². The Morgan fingerprint density at radius 3 is 3.04 bits per heavy atom. The van der Waals surface area contributed by atoms with Crippen molar-refractivity contribution in [2.45, 2.75) is 6.92 Å². The lowest BCUT2D eigenvalue weighted by Gasteiger charge is -2.18.